The van der Waals surface area contributed by atoms with Gasteiger partial charge in [0.05, 0.1) is 28.4 Å². The van der Waals surface area contributed by atoms with Crippen LogP contribution in [0, 0.1) is 0 Å². The number of ether oxygens (including phenoxy) is 5. The van der Waals surface area contributed by atoms with E-state index in [9.17, 15) is 14.7 Å². The highest BCUT2D eigenvalue weighted by Gasteiger charge is 2.41. The molecular formula is C31H31NO8. The zero-order chi connectivity index (χ0) is 28.4. The van der Waals surface area contributed by atoms with Gasteiger partial charge in [0.2, 0.25) is 0 Å². The number of nitrogens with one attached hydrogen (secondary N) is 1. The smallest absolute Gasteiger partial charge is 0.341 e. The summed E-state index contributed by atoms with van der Waals surface area (Å²) in [6, 6.07) is 16.6. The first-order valence-electron chi connectivity index (χ1n) is 12.8. The van der Waals surface area contributed by atoms with Crippen molar-refractivity contribution >= 4 is 17.4 Å². The van der Waals surface area contributed by atoms with E-state index in [0.29, 0.717) is 52.7 Å². The number of fused-ring (bicyclic) bond motifs is 1. The molecule has 3 aromatic rings. The van der Waals surface area contributed by atoms with Crippen LogP contribution in [0.4, 0.5) is 5.69 Å². The molecule has 0 amide bonds. The van der Waals surface area contributed by atoms with Gasteiger partial charge in [-0.25, -0.2) is 4.79 Å². The lowest BCUT2D eigenvalue weighted by molar-refractivity contribution is -0.139. The fraction of sp³-hybridized carbons (Fsp3) is 0.290. The molecule has 1 aliphatic heterocycles. The summed E-state index contributed by atoms with van der Waals surface area (Å²) in [5.41, 5.74) is 4.55. The van der Waals surface area contributed by atoms with Crippen molar-refractivity contribution in [3.05, 3.63) is 82.6 Å². The second kappa shape index (κ2) is 11.2. The number of benzene rings is 3. The third-order valence-electron chi connectivity index (χ3n) is 7.40. The number of anilines is 1. The number of aliphatic carboxylic acids is 1. The van der Waals surface area contributed by atoms with Gasteiger partial charge in [0.1, 0.15) is 17.2 Å². The lowest BCUT2D eigenvalue weighted by atomic mass is 9.71. The van der Waals surface area contributed by atoms with Gasteiger partial charge in [0.15, 0.2) is 23.9 Å². The summed E-state index contributed by atoms with van der Waals surface area (Å²) in [7, 11) is 6.32. The number of carboxylic acids is 1. The van der Waals surface area contributed by atoms with Gasteiger partial charge in [0.25, 0.3) is 0 Å². The number of methoxy groups -OCH3 is 4. The zero-order valence-corrected chi connectivity index (χ0v) is 22.8. The summed E-state index contributed by atoms with van der Waals surface area (Å²) in [5.74, 6) is 1.01. The van der Waals surface area contributed by atoms with E-state index in [1.807, 2.05) is 36.4 Å². The number of carboxylic acid groups (broad SMARTS) is 1. The predicted molar refractivity (Wildman–Crippen MR) is 148 cm³/mol. The van der Waals surface area contributed by atoms with Gasteiger partial charge in [-0.15, -0.1) is 0 Å². The van der Waals surface area contributed by atoms with Crippen LogP contribution < -0.4 is 29.0 Å². The predicted octanol–water partition coefficient (Wildman–Crippen LogP) is 5.14. The number of ketones is 1. The minimum Gasteiger partial charge on any atom is -0.497 e. The van der Waals surface area contributed by atoms with E-state index < -0.39 is 18.5 Å². The number of carbonyl (C=O) groups excluding carboxylic acids is 1. The Morgan fingerprint density at radius 1 is 0.875 bits per heavy atom. The van der Waals surface area contributed by atoms with Gasteiger partial charge >= 0.3 is 5.97 Å². The van der Waals surface area contributed by atoms with Crippen LogP contribution in [0.5, 0.6) is 28.7 Å². The highest BCUT2D eigenvalue weighted by molar-refractivity contribution is 6.02. The molecule has 9 nitrogen and oxygen atoms in total. The summed E-state index contributed by atoms with van der Waals surface area (Å²) in [5, 5.41) is 12.8. The molecule has 0 aromatic heterocycles. The topological polar surface area (TPSA) is 113 Å². The number of hydrogen-bond acceptors (Lipinski definition) is 8. The maximum Gasteiger partial charge on any atom is 0.341 e. The van der Waals surface area contributed by atoms with Crippen molar-refractivity contribution in [3.63, 3.8) is 0 Å². The summed E-state index contributed by atoms with van der Waals surface area (Å²) < 4.78 is 27.9. The van der Waals surface area contributed by atoms with E-state index >= 15 is 0 Å². The number of carbonyl (C=O) groups is 2. The standard InChI is InChI=1S/C31H31NO8/c1-36-19-14-22-31(27(15-19)39-4)29(20-7-5-6-8-24(20)40-16-28(34)35)30-21(32-22)11-18(12-23(30)33)17-9-10-25(37-2)26(13-17)38-3/h5-10,13-15,18,29,32H,11-12,16H2,1-4H3,(H,34,35)/t18-,29-/m0/s1. The van der Waals surface area contributed by atoms with Gasteiger partial charge in [-0.3, -0.25) is 4.79 Å². The molecule has 1 aliphatic carbocycles. The first-order valence-corrected chi connectivity index (χ1v) is 12.8. The molecule has 208 valence electrons. The largest absolute Gasteiger partial charge is 0.497 e. The third-order valence-corrected chi connectivity index (χ3v) is 7.40. The van der Waals surface area contributed by atoms with E-state index in [-0.39, 0.29) is 11.7 Å². The molecule has 0 radical (unpaired) electrons. The molecule has 0 saturated carbocycles. The summed E-state index contributed by atoms with van der Waals surface area (Å²) >= 11 is 0. The van der Waals surface area contributed by atoms with Crippen LogP contribution in [-0.2, 0) is 9.59 Å². The van der Waals surface area contributed by atoms with Gasteiger partial charge in [-0.1, -0.05) is 24.3 Å². The fourth-order valence-electron chi connectivity index (χ4n) is 5.62. The Labute approximate surface area is 232 Å². The first-order chi connectivity index (χ1) is 19.4. The fourth-order valence-corrected chi connectivity index (χ4v) is 5.62. The molecule has 0 bridgehead atoms. The second-order valence-corrected chi connectivity index (χ2v) is 9.60. The Bertz CT molecular complexity index is 1490. The quantitative estimate of drug-likeness (QED) is 0.377. The van der Waals surface area contributed by atoms with Crippen molar-refractivity contribution in [1.82, 2.24) is 0 Å². The van der Waals surface area contributed by atoms with Crippen molar-refractivity contribution in [2.45, 2.75) is 24.7 Å². The van der Waals surface area contributed by atoms with Gasteiger partial charge in [-0.05, 0) is 36.1 Å². The third kappa shape index (κ3) is 4.90. The monoisotopic (exact) mass is 545 g/mol. The van der Waals surface area contributed by atoms with Crippen molar-refractivity contribution in [1.29, 1.82) is 0 Å². The van der Waals surface area contributed by atoms with Crippen molar-refractivity contribution in [2.24, 2.45) is 0 Å². The molecule has 3 aromatic carbocycles. The molecule has 2 N–H and O–H groups in total. The van der Waals surface area contributed by atoms with Crippen molar-refractivity contribution in [2.75, 3.05) is 40.4 Å². The van der Waals surface area contributed by atoms with Gasteiger partial charge < -0.3 is 34.1 Å². The molecule has 5 rings (SSSR count). The summed E-state index contributed by atoms with van der Waals surface area (Å²) in [4.78, 5) is 25.3. The number of allylic oxidation sites excluding steroid dienone is 2. The lowest BCUT2D eigenvalue weighted by Crippen LogP contribution is -2.30. The van der Waals surface area contributed by atoms with Crippen LogP contribution >= 0.6 is 0 Å². The minimum atomic E-state index is -1.09. The molecule has 2 aliphatic rings. The van der Waals surface area contributed by atoms with Crippen LogP contribution in [0.25, 0.3) is 0 Å². The lowest BCUT2D eigenvalue weighted by Gasteiger charge is -2.38. The number of hydrogen-bond donors (Lipinski definition) is 2. The molecule has 0 unspecified atom stereocenters. The van der Waals surface area contributed by atoms with Crippen LogP contribution in [0.2, 0.25) is 0 Å². The zero-order valence-electron chi connectivity index (χ0n) is 22.8. The second-order valence-electron chi connectivity index (χ2n) is 9.60. The normalized spacial score (nSPS) is 17.8. The minimum absolute atomic E-state index is 0.0184. The Balaban J connectivity index is 1.66. The van der Waals surface area contributed by atoms with Crippen molar-refractivity contribution < 1.29 is 38.4 Å². The number of Topliss-reactive ketones (excluding diaryl/α,β-unsaturated/α-hetero) is 1. The van der Waals surface area contributed by atoms with E-state index in [2.05, 4.69) is 5.32 Å². The molecule has 0 fully saturated rings. The Morgan fingerprint density at radius 2 is 1.62 bits per heavy atom. The van der Waals surface area contributed by atoms with Crippen LogP contribution in [0.3, 0.4) is 0 Å². The van der Waals surface area contributed by atoms with E-state index in [0.717, 1.165) is 22.5 Å². The van der Waals surface area contributed by atoms with E-state index in [4.69, 9.17) is 23.7 Å². The van der Waals surface area contributed by atoms with Crippen LogP contribution in [-0.4, -0.2) is 51.9 Å². The highest BCUT2D eigenvalue weighted by atomic mass is 16.5. The molecule has 2 atom stereocenters. The maximum absolute atomic E-state index is 14.0. The van der Waals surface area contributed by atoms with Crippen LogP contribution in [0.1, 0.15) is 41.4 Å². The maximum atomic E-state index is 14.0. The number of rotatable bonds is 9. The van der Waals surface area contributed by atoms with Gasteiger partial charge in [0, 0.05) is 52.6 Å². The highest BCUT2D eigenvalue weighted by Crippen LogP contribution is 2.53. The molecule has 9 heteroatoms. The van der Waals surface area contributed by atoms with Gasteiger partial charge in [-0.2, -0.15) is 0 Å². The Kier molecular flexibility index (Phi) is 7.55. The van der Waals surface area contributed by atoms with E-state index in [1.54, 1.807) is 46.6 Å². The van der Waals surface area contributed by atoms with Crippen LogP contribution in [0.15, 0.2) is 65.9 Å². The molecule has 40 heavy (non-hydrogen) atoms. The average Bonchev–Trinajstić information content (AvgIpc) is 2.97. The Morgan fingerprint density at radius 3 is 2.33 bits per heavy atom. The van der Waals surface area contributed by atoms with Crippen molar-refractivity contribution in [3.8, 4) is 28.7 Å². The Hall–Kier alpha value is -4.66. The van der Waals surface area contributed by atoms with E-state index in [1.165, 1.54) is 0 Å². The molecule has 0 spiro atoms. The number of para-hydroxylation sites is 1. The average molecular weight is 546 g/mol. The molecular weight excluding hydrogens is 514 g/mol. The molecule has 0 saturated heterocycles. The summed E-state index contributed by atoms with van der Waals surface area (Å²) in [6.07, 6.45) is 0.864. The first kappa shape index (κ1) is 26.9. The summed E-state index contributed by atoms with van der Waals surface area (Å²) in [6.45, 7) is -0.504. The SMILES string of the molecule is COc1cc2c(c(OC)c1)[C@@H](c1ccccc1OCC(=O)O)C1=C(C[C@H](c3ccc(OC)c(OC)c3)CC1=O)N2. The molecule has 1 heterocycles.